The fourth-order valence-corrected chi connectivity index (χ4v) is 4.66. The van der Waals surface area contributed by atoms with Crippen molar-refractivity contribution in [3.8, 4) is 32.8 Å². The maximum Gasteiger partial charge on any atom is 0.261 e. The molecule has 0 saturated heterocycles. The van der Waals surface area contributed by atoms with Gasteiger partial charge in [-0.1, -0.05) is 60.7 Å². The van der Waals surface area contributed by atoms with Gasteiger partial charge in [-0.05, 0) is 41.3 Å². The largest absolute Gasteiger partial charge is 0.354 e. The number of amides is 1. The van der Waals surface area contributed by atoms with Crippen LogP contribution in [0.15, 0.2) is 79.0 Å². The normalized spacial score (nSPS) is 10.6. The minimum absolute atomic E-state index is 0.0666. The fourth-order valence-electron chi connectivity index (χ4n) is 3.42. The zero-order valence-electron chi connectivity index (χ0n) is 15.8. The second kappa shape index (κ2) is 7.79. The molecule has 2 heterocycles. The smallest absolute Gasteiger partial charge is 0.261 e. The van der Waals surface area contributed by atoms with E-state index in [9.17, 15) is 4.79 Å². The van der Waals surface area contributed by atoms with Crippen molar-refractivity contribution in [1.29, 1.82) is 0 Å². The Morgan fingerprint density at radius 1 is 0.893 bits per heavy atom. The van der Waals surface area contributed by atoms with Crippen LogP contribution in [-0.4, -0.2) is 17.9 Å². The molecule has 138 valence electrons. The van der Waals surface area contributed by atoms with Crippen LogP contribution >= 0.6 is 11.3 Å². The summed E-state index contributed by atoms with van der Waals surface area (Å²) in [4.78, 5) is 18.8. The summed E-state index contributed by atoms with van der Waals surface area (Å²) < 4.78 is 0. The van der Waals surface area contributed by atoms with Crippen LogP contribution in [0.1, 0.15) is 15.2 Å². The molecule has 1 N–H and O–H groups in total. The molecule has 0 radical (unpaired) electrons. The van der Waals surface area contributed by atoms with Gasteiger partial charge in [0, 0.05) is 18.8 Å². The Bertz CT molecular complexity index is 1120. The van der Waals surface area contributed by atoms with Gasteiger partial charge in [0.1, 0.15) is 0 Å². The average Bonchev–Trinajstić information content (AvgIpc) is 3.11. The van der Waals surface area contributed by atoms with Crippen LogP contribution in [0.2, 0.25) is 0 Å². The molecule has 0 unspecified atom stereocenters. The minimum Gasteiger partial charge on any atom is -0.354 e. The summed E-state index contributed by atoms with van der Waals surface area (Å²) in [5.74, 6) is -0.0666. The maximum atomic E-state index is 12.5. The molecule has 0 aliphatic rings. The van der Waals surface area contributed by atoms with Crippen LogP contribution in [-0.2, 0) is 0 Å². The Morgan fingerprint density at radius 3 is 2.25 bits per heavy atom. The van der Waals surface area contributed by atoms with Crippen molar-refractivity contribution in [3.63, 3.8) is 0 Å². The maximum absolute atomic E-state index is 12.5. The highest BCUT2D eigenvalue weighted by atomic mass is 32.1. The van der Waals surface area contributed by atoms with Crippen LogP contribution in [0.5, 0.6) is 0 Å². The number of aromatic nitrogens is 1. The number of carbonyl (C=O) groups is 1. The summed E-state index contributed by atoms with van der Waals surface area (Å²) in [6.07, 6.45) is 1.79. The topological polar surface area (TPSA) is 42.0 Å². The summed E-state index contributed by atoms with van der Waals surface area (Å²) in [6.45, 7) is 2.02. The summed E-state index contributed by atoms with van der Waals surface area (Å²) in [5.41, 5.74) is 6.33. The molecule has 4 heteroatoms. The number of rotatable bonds is 4. The average molecular weight is 385 g/mol. The number of hydrogen-bond donors (Lipinski definition) is 1. The van der Waals surface area contributed by atoms with Crippen LogP contribution in [0.4, 0.5) is 0 Å². The van der Waals surface area contributed by atoms with Gasteiger partial charge < -0.3 is 5.32 Å². The van der Waals surface area contributed by atoms with Crippen molar-refractivity contribution in [2.75, 3.05) is 7.05 Å². The number of thiophene rings is 1. The minimum atomic E-state index is -0.0666. The molecule has 0 atom stereocenters. The number of nitrogens with zero attached hydrogens (tertiary/aromatic N) is 1. The van der Waals surface area contributed by atoms with Gasteiger partial charge in [0.2, 0.25) is 0 Å². The molecule has 1 amide bonds. The van der Waals surface area contributed by atoms with E-state index in [0.29, 0.717) is 0 Å². The van der Waals surface area contributed by atoms with Crippen molar-refractivity contribution in [2.24, 2.45) is 0 Å². The molecule has 4 rings (SSSR count). The number of pyridine rings is 1. The molecular weight excluding hydrogens is 364 g/mol. The van der Waals surface area contributed by atoms with Crippen molar-refractivity contribution in [1.82, 2.24) is 10.3 Å². The molecule has 0 aliphatic heterocycles. The number of nitrogens with one attached hydrogen (secondary N) is 1. The van der Waals surface area contributed by atoms with E-state index in [-0.39, 0.29) is 5.91 Å². The van der Waals surface area contributed by atoms with Crippen LogP contribution in [0.25, 0.3) is 32.8 Å². The summed E-state index contributed by atoms with van der Waals surface area (Å²) in [7, 11) is 1.67. The van der Waals surface area contributed by atoms with Crippen molar-refractivity contribution >= 4 is 17.2 Å². The highest BCUT2D eigenvalue weighted by molar-refractivity contribution is 7.18. The second-order valence-corrected chi connectivity index (χ2v) is 7.49. The van der Waals surface area contributed by atoms with Gasteiger partial charge in [-0.2, -0.15) is 0 Å². The SMILES string of the molecule is CNC(=O)c1sc(-c2ccccn2)c(-c2ccccc2-c2ccccc2)c1C. The molecule has 2 aromatic carbocycles. The number of carbonyl (C=O) groups excluding carboxylic acids is 1. The first kappa shape index (κ1) is 18.1. The Balaban J connectivity index is 2.01. The predicted octanol–water partition coefficient (Wildman–Crippen LogP) is 5.81. The van der Waals surface area contributed by atoms with Gasteiger partial charge >= 0.3 is 0 Å². The highest BCUT2D eigenvalue weighted by Gasteiger charge is 2.23. The molecule has 28 heavy (non-hydrogen) atoms. The van der Waals surface area contributed by atoms with Gasteiger partial charge in [0.15, 0.2) is 0 Å². The Labute approximate surface area is 168 Å². The first-order valence-corrected chi connectivity index (χ1v) is 9.94. The third-order valence-electron chi connectivity index (χ3n) is 4.76. The van der Waals surface area contributed by atoms with E-state index in [1.165, 1.54) is 11.3 Å². The van der Waals surface area contributed by atoms with Gasteiger partial charge in [-0.15, -0.1) is 11.3 Å². The Kier molecular flexibility index (Phi) is 5.04. The van der Waals surface area contributed by atoms with Crippen molar-refractivity contribution < 1.29 is 4.79 Å². The summed E-state index contributed by atoms with van der Waals surface area (Å²) in [6, 6.07) is 24.5. The zero-order valence-corrected chi connectivity index (χ0v) is 16.6. The highest BCUT2D eigenvalue weighted by Crippen LogP contribution is 2.45. The van der Waals surface area contributed by atoms with Gasteiger partial charge in [0.25, 0.3) is 5.91 Å². The monoisotopic (exact) mass is 384 g/mol. The quantitative estimate of drug-likeness (QED) is 0.482. The summed E-state index contributed by atoms with van der Waals surface area (Å²) in [5, 5.41) is 2.76. The molecule has 0 bridgehead atoms. The first-order valence-electron chi connectivity index (χ1n) is 9.12. The lowest BCUT2D eigenvalue weighted by Gasteiger charge is -2.12. The Morgan fingerprint density at radius 2 is 1.57 bits per heavy atom. The van der Waals surface area contributed by atoms with E-state index >= 15 is 0 Å². The zero-order chi connectivity index (χ0) is 19.5. The van der Waals surface area contributed by atoms with Crippen LogP contribution in [0, 0.1) is 6.92 Å². The lowest BCUT2D eigenvalue weighted by molar-refractivity contribution is 0.0966. The lowest BCUT2D eigenvalue weighted by atomic mass is 9.91. The third-order valence-corrected chi connectivity index (χ3v) is 6.07. The van der Waals surface area contributed by atoms with E-state index in [4.69, 9.17) is 0 Å². The molecular formula is C24H20N2OS. The molecule has 0 spiro atoms. The van der Waals surface area contributed by atoms with Crippen LogP contribution < -0.4 is 5.32 Å². The fraction of sp³-hybridized carbons (Fsp3) is 0.0833. The molecule has 3 nitrogen and oxygen atoms in total. The molecule has 0 aliphatic carbocycles. The number of benzene rings is 2. The molecule has 0 saturated carbocycles. The third kappa shape index (κ3) is 3.23. The van der Waals surface area contributed by atoms with Gasteiger partial charge in [-0.3, -0.25) is 9.78 Å². The predicted molar refractivity (Wildman–Crippen MR) is 117 cm³/mol. The molecule has 4 aromatic rings. The van der Waals surface area contributed by atoms with E-state index in [0.717, 1.165) is 43.3 Å². The van der Waals surface area contributed by atoms with Gasteiger partial charge in [0.05, 0.1) is 15.4 Å². The van der Waals surface area contributed by atoms with Gasteiger partial charge in [-0.25, -0.2) is 0 Å². The molecule has 2 aromatic heterocycles. The number of hydrogen-bond acceptors (Lipinski definition) is 3. The van der Waals surface area contributed by atoms with Crippen LogP contribution in [0.3, 0.4) is 0 Å². The second-order valence-electron chi connectivity index (χ2n) is 6.47. The molecule has 0 fully saturated rings. The lowest BCUT2D eigenvalue weighted by Crippen LogP contribution is -2.17. The first-order chi connectivity index (χ1) is 13.7. The Hall–Kier alpha value is -3.24. The van der Waals surface area contributed by atoms with E-state index in [1.54, 1.807) is 13.2 Å². The van der Waals surface area contributed by atoms with E-state index < -0.39 is 0 Å². The summed E-state index contributed by atoms with van der Waals surface area (Å²) >= 11 is 1.50. The van der Waals surface area contributed by atoms with Crippen molar-refractivity contribution in [3.05, 3.63) is 89.4 Å². The van der Waals surface area contributed by atoms with Crippen molar-refractivity contribution in [2.45, 2.75) is 6.92 Å². The van der Waals surface area contributed by atoms with E-state index in [2.05, 4.69) is 34.6 Å². The van der Waals surface area contributed by atoms with E-state index in [1.807, 2.05) is 55.5 Å². The standard InChI is InChI=1S/C24H20N2OS/c1-16-21(19-13-7-6-12-18(19)17-10-4-3-5-11-17)23(20-14-8-9-15-26-20)28-22(16)24(27)25-2/h3-15H,1-2H3,(H,25,27).